The molecule has 0 spiro atoms. The van der Waals surface area contributed by atoms with Gasteiger partial charge in [0.05, 0.1) is 0 Å². The molecule has 0 aromatic rings. The van der Waals surface area contributed by atoms with E-state index < -0.39 is 29.6 Å². The average Bonchev–Trinajstić information content (AvgIpc) is 3.09. The van der Waals surface area contributed by atoms with Gasteiger partial charge in [-0.3, -0.25) is 33.6 Å². The molecular weight excluding hydrogens is 660 g/mol. The van der Waals surface area contributed by atoms with Crippen LogP contribution in [0.5, 0.6) is 0 Å². The van der Waals surface area contributed by atoms with Crippen LogP contribution in [-0.4, -0.2) is 74.1 Å². The predicted molar refractivity (Wildman–Crippen MR) is 195 cm³/mol. The van der Waals surface area contributed by atoms with E-state index in [0.29, 0.717) is 64.7 Å². The van der Waals surface area contributed by atoms with E-state index in [1.54, 1.807) is 13.8 Å². The summed E-state index contributed by atoms with van der Waals surface area (Å²) in [6.45, 7) is 11.0. The Bertz CT molecular complexity index is 1130. The molecule has 0 saturated carbocycles. The highest BCUT2D eigenvalue weighted by Gasteiger charge is 2.28. The van der Waals surface area contributed by atoms with Crippen LogP contribution in [0.4, 0.5) is 0 Å². The lowest BCUT2D eigenvalue weighted by molar-refractivity contribution is -0.129. The van der Waals surface area contributed by atoms with Crippen molar-refractivity contribution in [2.45, 2.75) is 112 Å². The Balaban J connectivity index is 0. The van der Waals surface area contributed by atoms with Crippen LogP contribution in [0, 0.1) is 29.6 Å². The number of carbonyl (C=O) groups excluding carboxylic acids is 7. The van der Waals surface area contributed by atoms with Gasteiger partial charge in [-0.25, -0.2) is 0 Å². The lowest BCUT2D eigenvalue weighted by Gasteiger charge is -2.22. The third kappa shape index (κ3) is 26.1. The van der Waals surface area contributed by atoms with E-state index in [-0.39, 0.29) is 47.9 Å². The third-order valence-electron chi connectivity index (χ3n) is 8.49. The Morgan fingerprint density at radius 3 is 1.43 bits per heavy atom. The molecule has 292 valence electrons. The zero-order valence-electron chi connectivity index (χ0n) is 31.3. The molecule has 5 unspecified atom stereocenters. The summed E-state index contributed by atoms with van der Waals surface area (Å²) < 4.78 is 0. The maximum atomic E-state index is 12.5. The molecule has 0 aromatic heterocycles. The molecule has 0 saturated heterocycles. The average molecular weight is 725 g/mol. The first-order valence-corrected chi connectivity index (χ1v) is 18.1. The van der Waals surface area contributed by atoms with Crippen molar-refractivity contribution in [3.05, 3.63) is 10.4 Å². The third-order valence-corrected chi connectivity index (χ3v) is 8.49. The number of hydrogen-bond donors (Lipinski definition) is 7. The largest absolute Gasteiger partial charge is 0.369 e. The molecule has 0 radical (unpaired) electrons. The Kier molecular flexibility index (Phi) is 29.1. The molecule has 10 N–H and O–H groups in total. The van der Waals surface area contributed by atoms with Crippen molar-refractivity contribution in [3.8, 4) is 0 Å². The summed E-state index contributed by atoms with van der Waals surface area (Å²) >= 11 is 0. The van der Waals surface area contributed by atoms with Crippen LogP contribution in [0.25, 0.3) is 10.4 Å². The van der Waals surface area contributed by atoms with Crippen LogP contribution >= 0.6 is 0 Å². The van der Waals surface area contributed by atoms with Gasteiger partial charge in [0.25, 0.3) is 0 Å². The minimum atomic E-state index is -0.478. The molecule has 51 heavy (non-hydrogen) atoms. The predicted octanol–water partition coefficient (Wildman–Crippen LogP) is 2.07. The summed E-state index contributed by atoms with van der Waals surface area (Å²) in [6.07, 6.45) is 7.71. The summed E-state index contributed by atoms with van der Waals surface area (Å²) in [5.74, 6) is -3.61. The van der Waals surface area contributed by atoms with Gasteiger partial charge in [0.2, 0.25) is 41.4 Å². The van der Waals surface area contributed by atoms with Gasteiger partial charge in [-0.15, -0.1) is 0 Å². The quantitative estimate of drug-likeness (QED) is 0.0272. The molecule has 0 bridgehead atoms. The van der Waals surface area contributed by atoms with Gasteiger partial charge in [-0.05, 0) is 76.2 Å². The maximum absolute atomic E-state index is 12.5. The first-order valence-electron chi connectivity index (χ1n) is 18.1. The maximum Gasteiger partial charge on any atom is 0.225 e. The van der Waals surface area contributed by atoms with Crippen LogP contribution < -0.4 is 38.5 Å². The number of nitrogens with one attached hydrogen (secondary N) is 4. The lowest BCUT2D eigenvalue weighted by atomic mass is 9.85. The van der Waals surface area contributed by atoms with Crippen molar-refractivity contribution in [2.24, 2.45) is 51.9 Å². The van der Waals surface area contributed by atoms with Crippen molar-refractivity contribution in [3.63, 3.8) is 0 Å². The normalized spacial score (nSPS) is 13.4. The van der Waals surface area contributed by atoms with Crippen molar-refractivity contribution >= 4 is 41.4 Å². The van der Waals surface area contributed by atoms with E-state index in [4.69, 9.17) is 22.7 Å². The zero-order chi connectivity index (χ0) is 39.2. The second kappa shape index (κ2) is 30.4. The molecule has 0 aliphatic carbocycles. The number of amides is 7. The summed E-state index contributed by atoms with van der Waals surface area (Å²) in [5, 5.41) is 14.3. The van der Waals surface area contributed by atoms with Crippen LogP contribution in [0.15, 0.2) is 5.11 Å². The van der Waals surface area contributed by atoms with Crippen molar-refractivity contribution in [1.82, 2.24) is 21.3 Å². The molecule has 5 atom stereocenters. The minimum Gasteiger partial charge on any atom is -0.369 e. The molecule has 0 aliphatic heterocycles. The van der Waals surface area contributed by atoms with Crippen LogP contribution in [0.2, 0.25) is 0 Å². The fourth-order valence-corrected chi connectivity index (χ4v) is 5.03. The first-order chi connectivity index (χ1) is 24.1. The number of nitrogens with zero attached hydrogens (tertiary/aromatic N) is 3. The second-order valence-electron chi connectivity index (χ2n) is 12.8. The molecule has 0 fully saturated rings. The first kappa shape index (κ1) is 48.7. The standard InChI is InChI=1S/C19H36N4O4.C15H28N6O3/c1-4-14(18(21)26)12-15(11-13(3)17(20)25)19(27)23-10-8-6-7-9-22-16(24)5-2;1-3-12(14(16)23)9-11(2)15(24)19-8-6-4-5-7-18-13(22)10-20-21-17/h13-15H,4-12H2,1-3H3,(H2,20,25)(H2,21,26)(H,22,24)(H,23,27);11-12H,3-10H2,1-2H3,(H2,16,23)(H,18,22)(H,19,24). The molecule has 7 amide bonds. The Hall–Kier alpha value is -4.40. The summed E-state index contributed by atoms with van der Waals surface area (Å²) in [5.41, 5.74) is 24.1. The highest BCUT2D eigenvalue weighted by Crippen LogP contribution is 2.23. The number of unbranched alkanes of at least 4 members (excludes halogenated alkanes) is 4. The molecule has 17 heteroatoms. The van der Waals surface area contributed by atoms with Gasteiger partial charge in [-0.1, -0.05) is 39.7 Å². The number of azide groups is 1. The molecular formula is C34H64N10O7. The van der Waals surface area contributed by atoms with Gasteiger partial charge in [-0.2, -0.15) is 0 Å². The van der Waals surface area contributed by atoms with Crippen LogP contribution in [0.1, 0.15) is 112 Å². The molecule has 0 heterocycles. The minimum absolute atomic E-state index is 0.0367. The molecule has 0 rings (SSSR count). The highest BCUT2D eigenvalue weighted by atomic mass is 16.2. The molecule has 0 aliphatic rings. The van der Waals surface area contributed by atoms with Gasteiger partial charge in [0, 0.05) is 67.1 Å². The van der Waals surface area contributed by atoms with Crippen molar-refractivity contribution < 1.29 is 33.6 Å². The smallest absolute Gasteiger partial charge is 0.225 e. The van der Waals surface area contributed by atoms with E-state index in [2.05, 4.69) is 31.3 Å². The summed E-state index contributed by atoms with van der Waals surface area (Å²) in [4.78, 5) is 83.3. The summed E-state index contributed by atoms with van der Waals surface area (Å²) in [7, 11) is 0. The Labute approximate surface area is 302 Å². The number of nitrogens with two attached hydrogens (primary N) is 3. The molecule has 17 nitrogen and oxygen atoms in total. The van der Waals surface area contributed by atoms with Gasteiger partial charge in [0.1, 0.15) is 6.54 Å². The Morgan fingerprint density at radius 1 is 0.569 bits per heavy atom. The summed E-state index contributed by atoms with van der Waals surface area (Å²) in [6, 6.07) is 0. The van der Waals surface area contributed by atoms with Gasteiger partial charge >= 0.3 is 0 Å². The van der Waals surface area contributed by atoms with Crippen molar-refractivity contribution in [2.75, 3.05) is 32.7 Å². The number of carbonyl (C=O) groups is 7. The lowest BCUT2D eigenvalue weighted by Crippen LogP contribution is -2.37. The van der Waals surface area contributed by atoms with E-state index in [0.717, 1.165) is 38.5 Å². The Morgan fingerprint density at radius 2 is 1.00 bits per heavy atom. The number of primary amides is 3. The number of hydrogen-bond acceptors (Lipinski definition) is 8. The van der Waals surface area contributed by atoms with E-state index in [9.17, 15) is 33.6 Å². The van der Waals surface area contributed by atoms with Crippen molar-refractivity contribution in [1.29, 1.82) is 0 Å². The van der Waals surface area contributed by atoms with E-state index in [1.807, 2.05) is 20.8 Å². The fraction of sp³-hybridized carbons (Fsp3) is 0.794. The topological polar surface area (TPSA) is 294 Å². The monoisotopic (exact) mass is 724 g/mol. The van der Waals surface area contributed by atoms with E-state index in [1.165, 1.54) is 0 Å². The van der Waals surface area contributed by atoms with Gasteiger partial charge < -0.3 is 38.5 Å². The van der Waals surface area contributed by atoms with Crippen LogP contribution in [-0.2, 0) is 33.6 Å². The SMILES string of the molecule is CCC(=O)NCCCCCNC(=O)C(CC(C)C(N)=O)CC(CC)C(N)=O.CCC(CC(C)C(=O)NCCCCCNC(=O)CN=[N+]=[N-])C(N)=O. The zero-order valence-corrected chi connectivity index (χ0v) is 31.3. The van der Waals surface area contributed by atoms with E-state index >= 15 is 0 Å². The highest BCUT2D eigenvalue weighted by molar-refractivity contribution is 5.83. The van der Waals surface area contributed by atoms with Crippen LogP contribution in [0.3, 0.4) is 0 Å². The number of rotatable bonds is 28. The second-order valence-corrected chi connectivity index (χ2v) is 12.8. The van der Waals surface area contributed by atoms with Gasteiger partial charge in [0.15, 0.2) is 0 Å². The molecule has 0 aromatic carbocycles. The fourth-order valence-electron chi connectivity index (χ4n) is 5.03.